The molecule has 1 amide bonds. The third-order valence-electron chi connectivity index (χ3n) is 4.92. The fraction of sp³-hybridized carbons (Fsp3) is 0.400. The Morgan fingerprint density at radius 1 is 1.34 bits per heavy atom. The van der Waals surface area contributed by atoms with E-state index in [1.54, 1.807) is 19.1 Å². The lowest BCUT2D eigenvalue weighted by Crippen LogP contribution is -2.26. The molecule has 0 radical (unpaired) electrons. The van der Waals surface area contributed by atoms with Gasteiger partial charge in [-0.1, -0.05) is 44.0 Å². The predicted molar refractivity (Wildman–Crippen MR) is 115 cm³/mol. The van der Waals surface area contributed by atoms with Gasteiger partial charge in [0.25, 0.3) is 5.56 Å². The number of hydrazone groups is 1. The molecule has 2 N–H and O–H groups in total. The Hall–Kier alpha value is -2.45. The van der Waals surface area contributed by atoms with Crippen molar-refractivity contribution in [3.05, 3.63) is 55.5 Å². The fourth-order valence-electron chi connectivity index (χ4n) is 3.34. The summed E-state index contributed by atoms with van der Waals surface area (Å²) in [6.45, 7) is 4.26. The average Bonchev–Trinajstić information content (AvgIpc) is 3.12. The first-order valence-corrected chi connectivity index (χ1v) is 10.4. The lowest BCUT2D eigenvalue weighted by molar-refractivity contribution is -0.132. The fourth-order valence-corrected chi connectivity index (χ4v) is 3.74. The van der Waals surface area contributed by atoms with E-state index in [0.29, 0.717) is 23.7 Å². The van der Waals surface area contributed by atoms with E-state index in [0.717, 1.165) is 18.4 Å². The molecule has 0 spiro atoms. The zero-order valence-electron chi connectivity index (χ0n) is 16.3. The molecule has 0 bridgehead atoms. The number of unbranched alkanes of at least 4 members (excludes halogenated alkanes) is 1. The Morgan fingerprint density at radius 2 is 2.03 bits per heavy atom. The number of halogens is 1. The Morgan fingerprint density at radius 3 is 2.66 bits per heavy atom. The predicted octanol–water partition coefficient (Wildman–Crippen LogP) is 4.15. The van der Waals surface area contributed by atoms with E-state index >= 15 is 0 Å². The molecular weight excluding hydrogens is 412 g/mol. The zero-order chi connectivity index (χ0) is 21.1. The van der Waals surface area contributed by atoms with Crippen molar-refractivity contribution in [1.29, 1.82) is 0 Å². The molecule has 2 aromatic rings. The first-order chi connectivity index (χ1) is 13.9. The summed E-state index contributed by atoms with van der Waals surface area (Å²) in [4.78, 5) is 27.7. The molecular formula is C20H23ClN4O3S. The third kappa shape index (κ3) is 4.28. The molecule has 9 heteroatoms. The first-order valence-electron chi connectivity index (χ1n) is 9.58. The van der Waals surface area contributed by atoms with E-state index in [1.807, 2.05) is 19.1 Å². The molecule has 29 heavy (non-hydrogen) atoms. The second-order valence-corrected chi connectivity index (χ2v) is 7.70. The molecule has 2 heterocycles. The monoisotopic (exact) mass is 434 g/mol. The molecule has 0 saturated carbocycles. The first kappa shape index (κ1) is 21.3. The maximum Gasteiger partial charge on any atom is 0.264 e. The molecule has 0 aliphatic carbocycles. The average molecular weight is 435 g/mol. The maximum absolute atomic E-state index is 12.6. The van der Waals surface area contributed by atoms with Gasteiger partial charge in [-0.15, -0.1) is 0 Å². The van der Waals surface area contributed by atoms with Gasteiger partial charge in [0.1, 0.15) is 5.56 Å². The molecule has 1 unspecified atom stereocenters. The van der Waals surface area contributed by atoms with Crippen LogP contribution in [-0.2, 0) is 11.3 Å². The van der Waals surface area contributed by atoms with Crippen molar-refractivity contribution >= 4 is 35.4 Å². The van der Waals surface area contributed by atoms with Crippen molar-refractivity contribution in [1.82, 2.24) is 14.6 Å². The van der Waals surface area contributed by atoms with E-state index in [-0.39, 0.29) is 34.6 Å². The molecule has 1 aromatic carbocycles. The minimum atomic E-state index is -0.514. The van der Waals surface area contributed by atoms with Gasteiger partial charge in [-0.25, -0.2) is 5.01 Å². The van der Waals surface area contributed by atoms with Crippen LogP contribution in [-0.4, -0.2) is 31.3 Å². The minimum Gasteiger partial charge on any atom is -0.494 e. The van der Waals surface area contributed by atoms with Crippen LogP contribution < -0.4 is 5.56 Å². The van der Waals surface area contributed by atoms with Gasteiger partial charge < -0.3 is 5.11 Å². The van der Waals surface area contributed by atoms with E-state index in [4.69, 9.17) is 23.8 Å². The number of rotatable bonds is 6. The van der Waals surface area contributed by atoms with Gasteiger partial charge in [-0.05, 0) is 36.3 Å². The number of aromatic nitrogens is 2. The van der Waals surface area contributed by atoms with Gasteiger partial charge >= 0.3 is 0 Å². The second kappa shape index (κ2) is 8.92. The summed E-state index contributed by atoms with van der Waals surface area (Å²) in [6, 6.07) is 6.79. The lowest BCUT2D eigenvalue weighted by Gasteiger charge is -2.21. The van der Waals surface area contributed by atoms with Gasteiger partial charge in [0.2, 0.25) is 11.8 Å². The van der Waals surface area contributed by atoms with Gasteiger partial charge in [-0.3, -0.25) is 19.1 Å². The summed E-state index contributed by atoms with van der Waals surface area (Å²) in [7, 11) is 0. The molecule has 3 rings (SSSR count). The normalized spacial score (nSPS) is 16.2. The van der Waals surface area contributed by atoms with Crippen molar-refractivity contribution in [2.24, 2.45) is 5.10 Å². The summed E-state index contributed by atoms with van der Waals surface area (Å²) in [5, 5.41) is 17.2. The van der Waals surface area contributed by atoms with Crippen molar-refractivity contribution in [2.45, 2.75) is 52.1 Å². The highest BCUT2D eigenvalue weighted by Gasteiger charge is 2.34. The van der Waals surface area contributed by atoms with Gasteiger partial charge in [0.15, 0.2) is 4.77 Å². The number of H-pyrrole nitrogens is 1. The van der Waals surface area contributed by atoms with Crippen molar-refractivity contribution in [3.8, 4) is 5.88 Å². The quantitative estimate of drug-likeness (QED) is 0.668. The van der Waals surface area contributed by atoms with Crippen LogP contribution in [0.25, 0.3) is 0 Å². The standard InChI is InChI=1S/C20H23ClN4O3S/c1-3-5-10-24-19(28)17(18(27)22-20(24)29)14-11-15(25(23-14)16(26)4-2)12-6-8-13(21)9-7-12/h6-9,15,28H,3-5,10-11H2,1-2H3,(H,22,27,29). The minimum absolute atomic E-state index is 0.0556. The van der Waals surface area contributed by atoms with Crippen LogP contribution in [0.5, 0.6) is 5.88 Å². The van der Waals surface area contributed by atoms with Crippen LogP contribution in [0.3, 0.4) is 0 Å². The van der Waals surface area contributed by atoms with E-state index in [1.165, 1.54) is 9.58 Å². The molecule has 1 aromatic heterocycles. The van der Waals surface area contributed by atoms with Crippen LogP contribution >= 0.6 is 23.8 Å². The van der Waals surface area contributed by atoms with Crippen LogP contribution in [0, 0.1) is 4.77 Å². The Bertz CT molecular complexity index is 1060. The molecule has 154 valence electrons. The number of hydrogen-bond donors (Lipinski definition) is 2. The molecule has 0 saturated heterocycles. The van der Waals surface area contributed by atoms with E-state index in [9.17, 15) is 14.7 Å². The smallest absolute Gasteiger partial charge is 0.264 e. The van der Waals surface area contributed by atoms with Crippen LogP contribution in [0.1, 0.15) is 56.7 Å². The second-order valence-electron chi connectivity index (χ2n) is 6.87. The molecule has 0 fully saturated rings. The van der Waals surface area contributed by atoms with Crippen molar-refractivity contribution < 1.29 is 9.90 Å². The lowest BCUT2D eigenvalue weighted by atomic mass is 9.99. The summed E-state index contributed by atoms with van der Waals surface area (Å²) in [5.74, 6) is -0.388. The number of benzene rings is 1. The van der Waals surface area contributed by atoms with Crippen LogP contribution in [0.15, 0.2) is 34.2 Å². The van der Waals surface area contributed by atoms with Crippen LogP contribution in [0.2, 0.25) is 5.02 Å². The summed E-state index contributed by atoms with van der Waals surface area (Å²) >= 11 is 11.2. The number of amides is 1. The van der Waals surface area contributed by atoms with Gasteiger partial charge in [0, 0.05) is 24.4 Å². The molecule has 1 aliphatic rings. The largest absolute Gasteiger partial charge is 0.494 e. The highest BCUT2D eigenvalue weighted by Crippen LogP contribution is 2.34. The number of aromatic amines is 1. The molecule has 1 atom stereocenters. The molecule has 7 nitrogen and oxygen atoms in total. The van der Waals surface area contributed by atoms with Gasteiger partial charge in [-0.2, -0.15) is 5.10 Å². The maximum atomic E-state index is 12.6. The number of carbonyl (C=O) groups excluding carboxylic acids is 1. The number of nitrogens with zero attached hydrogens (tertiary/aromatic N) is 3. The zero-order valence-corrected chi connectivity index (χ0v) is 17.9. The highest BCUT2D eigenvalue weighted by atomic mass is 35.5. The summed E-state index contributed by atoms with van der Waals surface area (Å²) < 4.78 is 1.67. The van der Waals surface area contributed by atoms with Crippen LogP contribution in [0.4, 0.5) is 0 Å². The summed E-state index contributed by atoms with van der Waals surface area (Å²) in [6.07, 6.45) is 2.28. The van der Waals surface area contributed by atoms with Crippen molar-refractivity contribution in [3.63, 3.8) is 0 Å². The third-order valence-corrected chi connectivity index (χ3v) is 5.49. The summed E-state index contributed by atoms with van der Waals surface area (Å²) in [5.41, 5.74) is 0.745. The van der Waals surface area contributed by atoms with Gasteiger partial charge in [0.05, 0.1) is 11.8 Å². The Kier molecular flexibility index (Phi) is 6.54. The van der Waals surface area contributed by atoms with E-state index < -0.39 is 5.56 Å². The Balaban J connectivity index is 2.07. The van der Waals surface area contributed by atoms with Crippen molar-refractivity contribution in [2.75, 3.05) is 0 Å². The SMILES string of the molecule is CCCCn1c(O)c(C2=NN(C(=O)CC)C(c3ccc(Cl)cc3)C2)c(=O)[nH]c1=S. The topological polar surface area (TPSA) is 90.7 Å². The number of carbonyl (C=O) groups is 1. The number of nitrogens with one attached hydrogen (secondary N) is 1. The molecule has 1 aliphatic heterocycles. The van der Waals surface area contributed by atoms with E-state index in [2.05, 4.69) is 10.1 Å². The Labute approximate surface area is 178 Å². The highest BCUT2D eigenvalue weighted by molar-refractivity contribution is 7.71. The number of aromatic hydroxyl groups is 1. The number of hydrogen-bond acceptors (Lipinski definition) is 5.